The number of hydrogen-bond acceptors (Lipinski definition) is 4. The first kappa shape index (κ1) is 18.1. The van der Waals surface area contributed by atoms with Crippen molar-refractivity contribution < 1.29 is 4.42 Å². The Morgan fingerprint density at radius 3 is 2.36 bits per heavy atom. The fourth-order valence-corrected chi connectivity index (χ4v) is 3.49. The molecule has 2 heterocycles. The first-order valence-corrected chi connectivity index (χ1v) is 9.08. The van der Waals surface area contributed by atoms with Gasteiger partial charge in [0, 0.05) is 30.4 Å². The number of fused-ring (bicyclic) bond motifs is 1. The molecule has 0 spiro atoms. The molecule has 0 amide bonds. The number of nitrogens with zero attached hydrogens (tertiary/aromatic N) is 2. The Morgan fingerprint density at radius 2 is 1.64 bits per heavy atom. The van der Waals surface area contributed by atoms with Crippen LogP contribution in [0.1, 0.15) is 5.56 Å². The second-order valence-corrected chi connectivity index (χ2v) is 7.02. The lowest BCUT2D eigenvalue weighted by Gasteiger charge is -2.10. The zero-order chi connectivity index (χ0) is 20.0. The standard InChI is InChI=1S/C21H18ClN3O3/c1-12-8-4-7-11-15(12)23-18-16(13-9-5-6-10-14(13)22)17-19(26)24(2)21(27)25(3)20(17)28-18/h4-11,23H,1-3H3. The maximum absolute atomic E-state index is 13.0. The molecule has 2 aromatic carbocycles. The van der Waals surface area contributed by atoms with E-state index in [4.69, 9.17) is 16.0 Å². The van der Waals surface area contributed by atoms with Gasteiger partial charge in [-0.3, -0.25) is 13.9 Å². The molecule has 6 nitrogen and oxygen atoms in total. The highest BCUT2D eigenvalue weighted by Crippen LogP contribution is 2.41. The van der Waals surface area contributed by atoms with E-state index in [0.29, 0.717) is 27.4 Å². The fourth-order valence-electron chi connectivity index (χ4n) is 3.26. The van der Waals surface area contributed by atoms with E-state index in [1.807, 2.05) is 49.4 Å². The SMILES string of the molecule is Cc1ccccc1Nc1oc2c(c1-c1ccccc1Cl)c(=O)n(C)c(=O)n2C. The summed E-state index contributed by atoms with van der Waals surface area (Å²) in [4.78, 5) is 25.3. The molecule has 0 saturated carbocycles. The molecule has 0 fully saturated rings. The Kier molecular flexibility index (Phi) is 4.35. The van der Waals surface area contributed by atoms with E-state index < -0.39 is 11.2 Å². The summed E-state index contributed by atoms with van der Waals surface area (Å²) in [6, 6.07) is 14.9. The van der Waals surface area contributed by atoms with Gasteiger partial charge in [0.05, 0.1) is 5.56 Å². The number of halogens is 1. The zero-order valence-electron chi connectivity index (χ0n) is 15.6. The largest absolute Gasteiger partial charge is 0.423 e. The molecule has 0 unspecified atom stereocenters. The molecule has 4 rings (SSSR count). The van der Waals surface area contributed by atoms with Crippen LogP contribution in [-0.4, -0.2) is 9.13 Å². The second kappa shape index (κ2) is 6.73. The molecule has 0 bridgehead atoms. The van der Waals surface area contributed by atoms with Gasteiger partial charge in [-0.1, -0.05) is 48.0 Å². The summed E-state index contributed by atoms with van der Waals surface area (Å²) in [5.74, 6) is 0.357. The summed E-state index contributed by atoms with van der Waals surface area (Å²) in [5, 5.41) is 4.04. The molecular formula is C21H18ClN3O3. The lowest BCUT2D eigenvalue weighted by Crippen LogP contribution is -2.36. The van der Waals surface area contributed by atoms with Gasteiger partial charge in [0.2, 0.25) is 11.6 Å². The van der Waals surface area contributed by atoms with Crippen LogP contribution in [0.5, 0.6) is 0 Å². The summed E-state index contributed by atoms with van der Waals surface area (Å²) < 4.78 is 8.38. The van der Waals surface area contributed by atoms with E-state index in [1.165, 1.54) is 11.6 Å². The molecule has 0 aliphatic rings. The zero-order valence-corrected chi connectivity index (χ0v) is 16.4. The number of hydrogen-bond donors (Lipinski definition) is 1. The van der Waals surface area contributed by atoms with Crippen molar-refractivity contribution in [2.75, 3.05) is 5.32 Å². The monoisotopic (exact) mass is 395 g/mol. The van der Waals surface area contributed by atoms with Crippen molar-refractivity contribution in [1.82, 2.24) is 9.13 Å². The lowest BCUT2D eigenvalue weighted by atomic mass is 10.0. The van der Waals surface area contributed by atoms with E-state index in [0.717, 1.165) is 15.8 Å². The summed E-state index contributed by atoms with van der Waals surface area (Å²) in [5.41, 5.74) is 2.31. The average molecular weight is 396 g/mol. The summed E-state index contributed by atoms with van der Waals surface area (Å²) >= 11 is 6.44. The topological polar surface area (TPSA) is 69.2 Å². The van der Waals surface area contributed by atoms with Crippen LogP contribution < -0.4 is 16.6 Å². The third kappa shape index (κ3) is 2.73. The van der Waals surface area contributed by atoms with Crippen molar-refractivity contribution in [3.8, 4) is 11.1 Å². The van der Waals surface area contributed by atoms with E-state index in [1.54, 1.807) is 13.1 Å². The number of benzene rings is 2. The van der Waals surface area contributed by atoms with Gasteiger partial charge in [0.25, 0.3) is 5.56 Å². The maximum atomic E-state index is 13.0. The molecule has 0 aliphatic carbocycles. The Morgan fingerprint density at radius 1 is 0.964 bits per heavy atom. The van der Waals surface area contributed by atoms with Gasteiger partial charge in [-0.2, -0.15) is 0 Å². The first-order valence-electron chi connectivity index (χ1n) is 8.70. The van der Waals surface area contributed by atoms with Gasteiger partial charge in [-0.15, -0.1) is 0 Å². The quantitative estimate of drug-likeness (QED) is 0.564. The van der Waals surface area contributed by atoms with Gasteiger partial charge in [-0.25, -0.2) is 4.79 Å². The van der Waals surface area contributed by atoms with Crippen molar-refractivity contribution in [2.45, 2.75) is 6.92 Å². The number of aryl methyl sites for hydroxylation is 2. The van der Waals surface area contributed by atoms with Gasteiger partial charge in [0.1, 0.15) is 5.39 Å². The highest BCUT2D eigenvalue weighted by Gasteiger charge is 2.24. The lowest BCUT2D eigenvalue weighted by molar-refractivity contribution is 0.577. The molecule has 7 heteroatoms. The van der Waals surface area contributed by atoms with E-state index in [-0.39, 0.29) is 5.71 Å². The molecule has 4 aromatic rings. The minimum atomic E-state index is -0.459. The molecule has 0 radical (unpaired) electrons. The highest BCUT2D eigenvalue weighted by molar-refractivity contribution is 6.34. The van der Waals surface area contributed by atoms with Crippen LogP contribution in [0.2, 0.25) is 5.02 Å². The molecule has 2 aromatic heterocycles. The van der Waals surface area contributed by atoms with Crippen molar-refractivity contribution >= 4 is 34.3 Å². The fraction of sp³-hybridized carbons (Fsp3) is 0.143. The highest BCUT2D eigenvalue weighted by atomic mass is 35.5. The number of anilines is 2. The van der Waals surface area contributed by atoms with Crippen LogP contribution in [0.3, 0.4) is 0 Å². The molecule has 28 heavy (non-hydrogen) atoms. The van der Waals surface area contributed by atoms with Gasteiger partial charge >= 0.3 is 5.69 Å². The molecule has 142 valence electrons. The summed E-state index contributed by atoms with van der Waals surface area (Å²) in [6.07, 6.45) is 0. The molecule has 1 N–H and O–H groups in total. The van der Waals surface area contributed by atoms with E-state index in [9.17, 15) is 9.59 Å². The minimum absolute atomic E-state index is 0.194. The van der Waals surface area contributed by atoms with Crippen LogP contribution in [0.15, 0.2) is 62.5 Å². The Hall–Kier alpha value is -3.25. The molecular weight excluding hydrogens is 378 g/mol. The van der Waals surface area contributed by atoms with E-state index >= 15 is 0 Å². The number of furan rings is 1. The minimum Gasteiger partial charge on any atom is -0.423 e. The smallest absolute Gasteiger partial charge is 0.333 e. The van der Waals surface area contributed by atoms with E-state index in [2.05, 4.69) is 5.32 Å². The molecule has 0 aliphatic heterocycles. The van der Waals surface area contributed by atoms with Crippen molar-refractivity contribution in [3.05, 3.63) is 80.0 Å². The van der Waals surface area contributed by atoms with Crippen molar-refractivity contribution in [2.24, 2.45) is 14.1 Å². The first-order chi connectivity index (χ1) is 13.4. The number of para-hydroxylation sites is 1. The van der Waals surface area contributed by atoms with Crippen molar-refractivity contribution in [3.63, 3.8) is 0 Å². The number of rotatable bonds is 3. The van der Waals surface area contributed by atoms with Crippen LogP contribution in [0.4, 0.5) is 11.6 Å². The van der Waals surface area contributed by atoms with Gasteiger partial charge in [-0.05, 0) is 24.6 Å². The number of aromatic nitrogens is 2. The molecule has 0 saturated heterocycles. The van der Waals surface area contributed by atoms with Crippen LogP contribution in [0.25, 0.3) is 22.2 Å². The van der Waals surface area contributed by atoms with Crippen LogP contribution in [0, 0.1) is 6.92 Å². The second-order valence-electron chi connectivity index (χ2n) is 6.61. The summed E-state index contributed by atoms with van der Waals surface area (Å²) in [7, 11) is 3.02. The van der Waals surface area contributed by atoms with Gasteiger partial charge < -0.3 is 9.73 Å². The Balaban J connectivity index is 2.11. The van der Waals surface area contributed by atoms with Crippen LogP contribution >= 0.6 is 11.6 Å². The average Bonchev–Trinajstić information content (AvgIpc) is 3.06. The number of nitrogens with one attached hydrogen (secondary N) is 1. The summed E-state index contributed by atoms with van der Waals surface area (Å²) in [6.45, 7) is 1.97. The molecule has 0 atom stereocenters. The van der Waals surface area contributed by atoms with Crippen LogP contribution in [-0.2, 0) is 14.1 Å². The predicted molar refractivity (Wildman–Crippen MR) is 112 cm³/mol. The predicted octanol–water partition coefficient (Wildman–Crippen LogP) is 4.20. The van der Waals surface area contributed by atoms with Crippen molar-refractivity contribution in [1.29, 1.82) is 0 Å². The Bertz CT molecular complexity index is 1330. The van der Waals surface area contributed by atoms with Gasteiger partial charge in [0.15, 0.2) is 0 Å². The Labute approximate surface area is 165 Å². The third-order valence-electron chi connectivity index (χ3n) is 4.82. The normalized spacial score (nSPS) is 11.1. The third-order valence-corrected chi connectivity index (χ3v) is 5.15. The maximum Gasteiger partial charge on any atom is 0.333 e.